The summed E-state index contributed by atoms with van der Waals surface area (Å²) < 4.78 is 5.46. The van der Waals surface area contributed by atoms with Crippen molar-refractivity contribution >= 4 is 47.2 Å². The van der Waals surface area contributed by atoms with Gasteiger partial charge in [0.2, 0.25) is 0 Å². The van der Waals surface area contributed by atoms with Gasteiger partial charge < -0.3 is 19.9 Å². The molecule has 9 heteroatoms. The van der Waals surface area contributed by atoms with Gasteiger partial charge in [-0.25, -0.2) is 15.0 Å². The van der Waals surface area contributed by atoms with Gasteiger partial charge in [-0.1, -0.05) is 12.1 Å². The quantitative estimate of drug-likeness (QED) is 0.609. The molecular formula is C23H27ClN6O2. The Labute approximate surface area is 192 Å². The molecule has 2 aliphatic rings. The van der Waals surface area contributed by atoms with E-state index in [1.807, 2.05) is 30.3 Å². The summed E-state index contributed by atoms with van der Waals surface area (Å²) in [7, 11) is 0. The molecule has 0 spiro atoms. The van der Waals surface area contributed by atoms with E-state index in [-0.39, 0.29) is 18.0 Å². The van der Waals surface area contributed by atoms with Crippen molar-refractivity contribution in [2.24, 2.45) is 0 Å². The second-order valence-electron chi connectivity index (χ2n) is 8.00. The molecule has 3 aromatic rings. The average molecular weight is 455 g/mol. The topological polar surface area (TPSA) is 96.0 Å². The summed E-state index contributed by atoms with van der Waals surface area (Å²) in [5.41, 5.74) is 1.58. The highest BCUT2D eigenvalue weighted by atomic mass is 35.5. The average Bonchev–Trinajstić information content (AvgIpc) is 3.33. The fourth-order valence-electron chi connectivity index (χ4n) is 4.07. The van der Waals surface area contributed by atoms with Gasteiger partial charge in [-0.05, 0) is 50.0 Å². The maximum absolute atomic E-state index is 12.4. The van der Waals surface area contributed by atoms with E-state index in [1.54, 1.807) is 12.2 Å². The monoisotopic (exact) mass is 454 g/mol. The molecule has 5 rings (SSSR count). The van der Waals surface area contributed by atoms with Gasteiger partial charge in [0.15, 0.2) is 5.82 Å². The van der Waals surface area contributed by atoms with Gasteiger partial charge in [0, 0.05) is 38.4 Å². The standard InChI is InChI=1S/C23H26N6O2.ClH/c30-23-19(25-17-5-1-2-6-18(17)26-23)7-8-20-27-21(24-16-9-13-31-14-10-16)15-22(28-20)29-11-3-4-12-29;/h1-2,5-8,15-16H,3-4,9-14H2,(H,26,30)(H,24,27,28);1H. The van der Waals surface area contributed by atoms with Crippen LogP contribution in [0, 0.1) is 0 Å². The van der Waals surface area contributed by atoms with Crippen LogP contribution in [0.5, 0.6) is 0 Å². The van der Waals surface area contributed by atoms with Crippen molar-refractivity contribution in [3.63, 3.8) is 0 Å². The number of nitrogens with zero attached hydrogens (tertiary/aromatic N) is 4. The summed E-state index contributed by atoms with van der Waals surface area (Å²) in [6.45, 7) is 3.54. The fourth-order valence-corrected chi connectivity index (χ4v) is 4.07. The highest BCUT2D eigenvalue weighted by Gasteiger charge is 2.18. The first-order chi connectivity index (χ1) is 15.2. The van der Waals surface area contributed by atoms with Crippen LogP contribution < -0.4 is 15.8 Å². The molecule has 1 aromatic carbocycles. The normalized spacial score (nSPS) is 17.1. The summed E-state index contributed by atoms with van der Waals surface area (Å²) >= 11 is 0. The van der Waals surface area contributed by atoms with Crippen LogP contribution in [-0.4, -0.2) is 52.3 Å². The largest absolute Gasteiger partial charge is 0.381 e. The van der Waals surface area contributed by atoms with Gasteiger partial charge in [0.05, 0.1) is 11.0 Å². The zero-order valence-electron chi connectivity index (χ0n) is 17.8. The van der Waals surface area contributed by atoms with Gasteiger partial charge in [-0.15, -0.1) is 12.4 Å². The highest BCUT2D eigenvalue weighted by molar-refractivity contribution is 5.85. The number of halogens is 1. The Hall–Kier alpha value is -2.97. The van der Waals surface area contributed by atoms with Crippen molar-refractivity contribution in [2.75, 3.05) is 36.5 Å². The molecule has 0 saturated carbocycles. The maximum Gasteiger partial charge on any atom is 0.274 e. The van der Waals surface area contributed by atoms with E-state index in [0.717, 1.165) is 61.8 Å². The predicted octanol–water partition coefficient (Wildman–Crippen LogP) is 3.50. The Balaban J connectivity index is 0.00000245. The van der Waals surface area contributed by atoms with E-state index < -0.39 is 0 Å². The lowest BCUT2D eigenvalue weighted by atomic mass is 10.1. The van der Waals surface area contributed by atoms with Gasteiger partial charge in [-0.3, -0.25) is 4.79 Å². The number of H-pyrrole nitrogens is 1. The number of para-hydroxylation sites is 2. The Morgan fingerprint density at radius 1 is 1.06 bits per heavy atom. The number of hydrogen-bond acceptors (Lipinski definition) is 7. The van der Waals surface area contributed by atoms with Gasteiger partial charge in [0.25, 0.3) is 5.56 Å². The Kier molecular flexibility index (Phi) is 7.02. The molecule has 2 saturated heterocycles. The first kappa shape index (κ1) is 22.2. The third-order valence-corrected chi connectivity index (χ3v) is 5.75. The minimum atomic E-state index is -0.230. The molecule has 0 atom stereocenters. The third kappa shape index (κ3) is 5.08. The molecule has 2 aromatic heterocycles. The minimum Gasteiger partial charge on any atom is -0.381 e. The molecule has 168 valence electrons. The van der Waals surface area contributed by atoms with Crippen LogP contribution in [0.4, 0.5) is 11.6 Å². The third-order valence-electron chi connectivity index (χ3n) is 5.75. The molecule has 0 radical (unpaired) electrons. The summed E-state index contributed by atoms with van der Waals surface area (Å²) in [6, 6.07) is 9.87. The van der Waals surface area contributed by atoms with Crippen LogP contribution in [0.2, 0.25) is 0 Å². The molecule has 0 aliphatic carbocycles. The fraction of sp³-hybridized carbons (Fsp3) is 0.391. The number of fused-ring (bicyclic) bond motifs is 1. The molecular weight excluding hydrogens is 428 g/mol. The summed E-state index contributed by atoms with van der Waals surface area (Å²) in [5.74, 6) is 2.29. The van der Waals surface area contributed by atoms with Crippen molar-refractivity contribution in [3.8, 4) is 0 Å². The number of anilines is 2. The van der Waals surface area contributed by atoms with E-state index in [4.69, 9.17) is 9.72 Å². The SMILES string of the molecule is Cl.O=c1[nH]c2ccccc2nc1C=Cc1nc(NC2CCOCC2)cc(N2CCCC2)n1. The molecule has 0 unspecified atom stereocenters. The zero-order chi connectivity index (χ0) is 21.0. The van der Waals surface area contributed by atoms with Crippen LogP contribution in [0.15, 0.2) is 35.1 Å². The van der Waals surface area contributed by atoms with Crippen LogP contribution >= 0.6 is 12.4 Å². The second-order valence-corrected chi connectivity index (χ2v) is 8.00. The highest BCUT2D eigenvalue weighted by Crippen LogP contribution is 2.23. The van der Waals surface area contributed by atoms with Crippen LogP contribution in [0.1, 0.15) is 37.2 Å². The molecule has 2 aliphatic heterocycles. The first-order valence-corrected chi connectivity index (χ1v) is 10.9. The van der Waals surface area contributed by atoms with Crippen LogP contribution in [-0.2, 0) is 4.74 Å². The molecule has 4 heterocycles. The van der Waals surface area contributed by atoms with E-state index in [2.05, 4.69) is 25.2 Å². The second kappa shape index (κ2) is 10.1. The minimum absolute atomic E-state index is 0. The lowest BCUT2D eigenvalue weighted by Gasteiger charge is -2.24. The molecule has 32 heavy (non-hydrogen) atoms. The van der Waals surface area contributed by atoms with Gasteiger partial charge in [0.1, 0.15) is 17.3 Å². The molecule has 2 N–H and O–H groups in total. The Morgan fingerprint density at radius 3 is 2.66 bits per heavy atom. The molecule has 2 fully saturated rings. The molecule has 8 nitrogen and oxygen atoms in total. The van der Waals surface area contributed by atoms with E-state index in [9.17, 15) is 4.79 Å². The van der Waals surface area contributed by atoms with E-state index in [0.29, 0.717) is 17.6 Å². The number of rotatable bonds is 5. The number of ether oxygens (including phenoxy) is 1. The van der Waals surface area contributed by atoms with Crippen molar-refractivity contribution in [3.05, 3.63) is 52.2 Å². The number of aromatic amines is 1. The Morgan fingerprint density at radius 2 is 1.84 bits per heavy atom. The predicted molar refractivity (Wildman–Crippen MR) is 129 cm³/mol. The lowest BCUT2D eigenvalue weighted by molar-refractivity contribution is 0.0904. The van der Waals surface area contributed by atoms with E-state index in [1.165, 1.54) is 12.8 Å². The summed E-state index contributed by atoms with van der Waals surface area (Å²) in [6.07, 6.45) is 7.73. The first-order valence-electron chi connectivity index (χ1n) is 10.9. The summed E-state index contributed by atoms with van der Waals surface area (Å²) in [5, 5.41) is 3.54. The lowest BCUT2D eigenvalue weighted by Crippen LogP contribution is -2.28. The van der Waals surface area contributed by atoms with Crippen molar-refractivity contribution < 1.29 is 4.74 Å². The molecule has 0 bridgehead atoms. The van der Waals surface area contributed by atoms with Crippen molar-refractivity contribution in [2.45, 2.75) is 31.7 Å². The molecule has 0 amide bonds. The Bertz CT molecular complexity index is 1150. The van der Waals surface area contributed by atoms with Gasteiger partial charge in [-0.2, -0.15) is 0 Å². The van der Waals surface area contributed by atoms with Crippen molar-refractivity contribution in [1.29, 1.82) is 0 Å². The summed E-state index contributed by atoms with van der Waals surface area (Å²) in [4.78, 5) is 31.5. The van der Waals surface area contributed by atoms with Gasteiger partial charge >= 0.3 is 0 Å². The van der Waals surface area contributed by atoms with Crippen LogP contribution in [0.25, 0.3) is 23.2 Å². The number of aromatic nitrogens is 4. The zero-order valence-corrected chi connectivity index (χ0v) is 18.6. The smallest absolute Gasteiger partial charge is 0.274 e. The number of nitrogens with one attached hydrogen (secondary N) is 2. The van der Waals surface area contributed by atoms with Crippen LogP contribution in [0.3, 0.4) is 0 Å². The number of hydrogen-bond donors (Lipinski definition) is 2. The maximum atomic E-state index is 12.4. The van der Waals surface area contributed by atoms with E-state index >= 15 is 0 Å². The number of benzene rings is 1. The van der Waals surface area contributed by atoms with Crippen molar-refractivity contribution in [1.82, 2.24) is 19.9 Å².